The SMILES string of the molecule is CCCOc1ccc(C=c2[nH]c(=O)c(=Cc3ccc(OC)cc3)n(C)c2=O)cc1.CNC. The van der Waals surface area contributed by atoms with Crippen LogP contribution in [0.5, 0.6) is 11.5 Å². The van der Waals surface area contributed by atoms with Gasteiger partial charge in [-0.3, -0.25) is 9.59 Å². The minimum absolute atomic E-state index is 0.228. The topological polar surface area (TPSA) is 85.4 Å². The van der Waals surface area contributed by atoms with Gasteiger partial charge in [0.05, 0.1) is 13.7 Å². The van der Waals surface area contributed by atoms with Gasteiger partial charge in [-0.2, -0.15) is 0 Å². The number of nitrogens with zero attached hydrogens (tertiary/aromatic N) is 1. The molecule has 0 bridgehead atoms. The fraction of sp³-hybridized carbons (Fsp3) is 0.280. The van der Waals surface area contributed by atoms with Gasteiger partial charge >= 0.3 is 0 Å². The van der Waals surface area contributed by atoms with Crippen molar-refractivity contribution in [2.75, 3.05) is 27.8 Å². The smallest absolute Gasteiger partial charge is 0.274 e. The van der Waals surface area contributed by atoms with E-state index in [0.29, 0.717) is 6.61 Å². The molecule has 7 nitrogen and oxygen atoms in total. The highest BCUT2D eigenvalue weighted by Gasteiger charge is 2.02. The van der Waals surface area contributed by atoms with Crippen LogP contribution in [0.3, 0.4) is 0 Å². The number of aromatic nitrogens is 2. The lowest BCUT2D eigenvalue weighted by Crippen LogP contribution is -2.52. The molecule has 0 aliphatic rings. The summed E-state index contributed by atoms with van der Waals surface area (Å²) in [5, 5.41) is 3.26. The van der Waals surface area contributed by atoms with Crippen molar-refractivity contribution in [1.82, 2.24) is 14.9 Å². The summed E-state index contributed by atoms with van der Waals surface area (Å²) in [5.74, 6) is 1.50. The second-order valence-electron chi connectivity index (χ2n) is 7.10. The molecule has 2 N–H and O–H groups in total. The maximum absolute atomic E-state index is 12.7. The largest absolute Gasteiger partial charge is 0.497 e. The Labute approximate surface area is 187 Å². The van der Waals surface area contributed by atoms with Crippen LogP contribution in [0.1, 0.15) is 24.5 Å². The van der Waals surface area contributed by atoms with Crippen LogP contribution in [0, 0.1) is 0 Å². The highest BCUT2D eigenvalue weighted by molar-refractivity contribution is 5.51. The molecular formula is C25H31N3O4. The van der Waals surface area contributed by atoms with E-state index in [2.05, 4.69) is 10.3 Å². The van der Waals surface area contributed by atoms with E-state index in [-0.39, 0.29) is 21.8 Å². The number of rotatable bonds is 6. The van der Waals surface area contributed by atoms with Crippen LogP contribution >= 0.6 is 0 Å². The van der Waals surface area contributed by atoms with Crippen molar-refractivity contribution in [2.24, 2.45) is 7.05 Å². The summed E-state index contributed by atoms with van der Waals surface area (Å²) in [7, 11) is 6.93. The van der Waals surface area contributed by atoms with Gasteiger partial charge in [-0.05, 0) is 68.1 Å². The van der Waals surface area contributed by atoms with Crippen LogP contribution in [0.2, 0.25) is 0 Å². The first-order valence-electron chi connectivity index (χ1n) is 10.4. The lowest BCUT2D eigenvalue weighted by molar-refractivity contribution is 0.317. The molecule has 0 aliphatic heterocycles. The van der Waals surface area contributed by atoms with Crippen molar-refractivity contribution in [3.05, 3.63) is 91.1 Å². The van der Waals surface area contributed by atoms with Gasteiger partial charge in [-0.25, -0.2) is 0 Å². The Kier molecular flexibility index (Phi) is 9.50. The molecular weight excluding hydrogens is 406 g/mol. The number of nitrogens with one attached hydrogen (secondary N) is 2. The van der Waals surface area contributed by atoms with E-state index in [9.17, 15) is 9.59 Å². The first kappa shape index (κ1) is 24.7. The minimum Gasteiger partial charge on any atom is -0.497 e. The molecule has 1 aromatic heterocycles. The second-order valence-corrected chi connectivity index (χ2v) is 7.10. The molecule has 170 valence electrons. The van der Waals surface area contributed by atoms with Crippen LogP contribution in [0.4, 0.5) is 0 Å². The van der Waals surface area contributed by atoms with Gasteiger partial charge in [0.25, 0.3) is 11.1 Å². The average Bonchev–Trinajstić information content (AvgIpc) is 2.80. The molecule has 0 atom stereocenters. The lowest BCUT2D eigenvalue weighted by atomic mass is 10.2. The van der Waals surface area contributed by atoms with Gasteiger partial charge in [0.2, 0.25) is 0 Å². The van der Waals surface area contributed by atoms with E-state index >= 15 is 0 Å². The van der Waals surface area contributed by atoms with Crippen LogP contribution in [0.25, 0.3) is 12.2 Å². The summed E-state index contributed by atoms with van der Waals surface area (Å²) in [6.45, 7) is 2.70. The molecule has 32 heavy (non-hydrogen) atoms. The third-order valence-electron chi connectivity index (χ3n) is 4.46. The van der Waals surface area contributed by atoms with Crippen molar-refractivity contribution in [3.63, 3.8) is 0 Å². The highest BCUT2D eigenvalue weighted by Crippen LogP contribution is 2.13. The van der Waals surface area contributed by atoms with E-state index in [4.69, 9.17) is 9.47 Å². The summed E-state index contributed by atoms with van der Waals surface area (Å²) in [4.78, 5) is 28.0. The molecule has 2 aromatic carbocycles. The third-order valence-corrected chi connectivity index (χ3v) is 4.46. The number of hydrogen-bond donors (Lipinski definition) is 2. The standard InChI is InChI=1S/C23H24N2O4.C2H7N/c1-4-13-29-19-11-7-16(8-12-19)14-20-23(27)25(2)21(22(26)24-20)15-17-5-9-18(28-3)10-6-17;1-3-2/h5-12,14-15H,4,13H2,1-3H3,(H,24,26);3H,1-2H3. The molecule has 0 saturated heterocycles. The summed E-state index contributed by atoms with van der Waals surface area (Å²) in [6, 6.07) is 14.6. The van der Waals surface area contributed by atoms with Crippen LogP contribution in [-0.4, -0.2) is 37.4 Å². The van der Waals surface area contributed by atoms with Gasteiger partial charge in [0.1, 0.15) is 22.2 Å². The Morgan fingerprint density at radius 1 is 0.938 bits per heavy atom. The minimum atomic E-state index is -0.336. The Balaban J connectivity index is 0.00000114. The van der Waals surface area contributed by atoms with E-state index in [1.165, 1.54) is 4.57 Å². The average molecular weight is 438 g/mol. The fourth-order valence-electron chi connectivity index (χ4n) is 2.85. The van der Waals surface area contributed by atoms with Gasteiger partial charge in [-0.15, -0.1) is 0 Å². The number of ether oxygens (including phenoxy) is 2. The summed E-state index contributed by atoms with van der Waals surface area (Å²) in [6.07, 6.45) is 4.26. The van der Waals surface area contributed by atoms with Crippen molar-refractivity contribution >= 4 is 12.2 Å². The predicted molar refractivity (Wildman–Crippen MR) is 129 cm³/mol. The van der Waals surface area contributed by atoms with Gasteiger partial charge in [0.15, 0.2) is 0 Å². The van der Waals surface area contributed by atoms with Crippen LogP contribution < -0.4 is 36.6 Å². The Morgan fingerprint density at radius 3 is 2.00 bits per heavy atom. The van der Waals surface area contributed by atoms with E-state index in [0.717, 1.165) is 29.0 Å². The maximum atomic E-state index is 12.7. The first-order valence-corrected chi connectivity index (χ1v) is 10.4. The molecule has 0 aliphatic carbocycles. The Bertz CT molecular complexity index is 1220. The first-order chi connectivity index (χ1) is 15.4. The van der Waals surface area contributed by atoms with Crippen molar-refractivity contribution in [2.45, 2.75) is 13.3 Å². The predicted octanol–water partition coefficient (Wildman–Crippen LogP) is 1.36. The normalized spacial score (nSPS) is 11.7. The number of H-pyrrole nitrogens is 1. The molecule has 1 heterocycles. The maximum Gasteiger partial charge on any atom is 0.274 e. The third kappa shape index (κ3) is 6.72. The second kappa shape index (κ2) is 12.3. The summed E-state index contributed by atoms with van der Waals surface area (Å²) in [5.41, 5.74) is 0.979. The molecule has 0 fully saturated rings. The zero-order valence-electron chi connectivity index (χ0n) is 19.3. The Hall–Kier alpha value is -3.58. The van der Waals surface area contributed by atoms with E-state index in [1.807, 2.05) is 57.4 Å². The van der Waals surface area contributed by atoms with Crippen LogP contribution in [0.15, 0.2) is 58.1 Å². The van der Waals surface area contributed by atoms with Crippen molar-refractivity contribution in [3.8, 4) is 11.5 Å². The summed E-state index contributed by atoms with van der Waals surface area (Å²) < 4.78 is 12.1. The monoisotopic (exact) mass is 437 g/mol. The molecule has 7 heteroatoms. The van der Waals surface area contributed by atoms with Crippen LogP contribution in [-0.2, 0) is 7.05 Å². The number of hydrogen-bond acceptors (Lipinski definition) is 5. The number of methoxy groups -OCH3 is 1. The molecule has 0 radical (unpaired) electrons. The lowest BCUT2D eigenvalue weighted by Gasteiger charge is -2.04. The van der Waals surface area contributed by atoms with E-state index in [1.54, 1.807) is 38.4 Å². The zero-order chi connectivity index (χ0) is 23.5. The molecule has 3 rings (SSSR count). The number of aromatic amines is 1. The quantitative estimate of drug-likeness (QED) is 0.608. The van der Waals surface area contributed by atoms with Gasteiger partial charge < -0.3 is 24.3 Å². The van der Waals surface area contributed by atoms with Crippen molar-refractivity contribution in [1.29, 1.82) is 0 Å². The van der Waals surface area contributed by atoms with Gasteiger partial charge in [-0.1, -0.05) is 31.2 Å². The van der Waals surface area contributed by atoms with E-state index < -0.39 is 0 Å². The summed E-state index contributed by atoms with van der Waals surface area (Å²) >= 11 is 0. The fourth-order valence-corrected chi connectivity index (χ4v) is 2.85. The number of benzene rings is 2. The molecule has 0 saturated carbocycles. The van der Waals surface area contributed by atoms with Crippen molar-refractivity contribution < 1.29 is 9.47 Å². The molecule has 0 spiro atoms. The Morgan fingerprint density at radius 2 is 1.47 bits per heavy atom. The molecule has 0 amide bonds. The zero-order valence-corrected chi connectivity index (χ0v) is 19.3. The van der Waals surface area contributed by atoms with Gasteiger partial charge in [0, 0.05) is 7.05 Å². The highest BCUT2D eigenvalue weighted by atomic mass is 16.5. The molecule has 3 aromatic rings. The molecule has 0 unspecified atom stereocenters.